The van der Waals surface area contributed by atoms with Crippen molar-refractivity contribution in [2.45, 2.75) is 46.7 Å². The van der Waals surface area contributed by atoms with Gasteiger partial charge in [0.25, 0.3) is 0 Å². The van der Waals surface area contributed by atoms with Gasteiger partial charge in [-0.05, 0) is 27.3 Å². The molecule has 0 heterocycles. The highest BCUT2D eigenvalue weighted by Gasteiger charge is 2.25. The molecule has 5 heteroatoms. The van der Waals surface area contributed by atoms with E-state index in [1.807, 2.05) is 32.6 Å². The van der Waals surface area contributed by atoms with Gasteiger partial charge in [-0.3, -0.25) is 14.5 Å². The second-order valence-electron chi connectivity index (χ2n) is 4.65. The SMILES string of the molecule is CCN(CC(=O)NC(C)C)C(C)C(C)C(=O)O. The highest BCUT2D eigenvalue weighted by molar-refractivity contribution is 5.78. The van der Waals surface area contributed by atoms with Crippen LogP contribution in [0.1, 0.15) is 34.6 Å². The molecule has 0 aromatic rings. The molecule has 0 spiro atoms. The number of nitrogens with one attached hydrogen (secondary N) is 1. The molecule has 0 aliphatic rings. The van der Waals surface area contributed by atoms with Gasteiger partial charge in [0.15, 0.2) is 0 Å². The summed E-state index contributed by atoms with van der Waals surface area (Å²) in [6.45, 7) is 10.1. The van der Waals surface area contributed by atoms with Crippen molar-refractivity contribution < 1.29 is 14.7 Å². The lowest BCUT2D eigenvalue weighted by Gasteiger charge is -2.30. The van der Waals surface area contributed by atoms with Crippen LogP contribution < -0.4 is 5.32 Å². The average Bonchev–Trinajstić information content (AvgIpc) is 2.22. The van der Waals surface area contributed by atoms with Gasteiger partial charge in [-0.1, -0.05) is 13.8 Å². The summed E-state index contributed by atoms with van der Waals surface area (Å²) >= 11 is 0. The molecule has 17 heavy (non-hydrogen) atoms. The van der Waals surface area contributed by atoms with Crippen LogP contribution in [-0.4, -0.2) is 47.1 Å². The van der Waals surface area contributed by atoms with Gasteiger partial charge in [0.2, 0.25) is 5.91 Å². The molecule has 2 N–H and O–H groups in total. The topological polar surface area (TPSA) is 69.6 Å². The van der Waals surface area contributed by atoms with E-state index in [4.69, 9.17) is 5.11 Å². The molecule has 0 aliphatic carbocycles. The van der Waals surface area contributed by atoms with Crippen LogP contribution in [0.4, 0.5) is 0 Å². The Morgan fingerprint density at radius 2 is 1.76 bits per heavy atom. The Balaban J connectivity index is 4.42. The summed E-state index contributed by atoms with van der Waals surface area (Å²) in [6, 6.07) is -0.0520. The number of hydrogen-bond acceptors (Lipinski definition) is 3. The molecule has 100 valence electrons. The first-order chi connectivity index (χ1) is 7.79. The Hall–Kier alpha value is -1.10. The Kier molecular flexibility index (Phi) is 6.80. The number of aliphatic carboxylic acids is 1. The minimum Gasteiger partial charge on any atom is -0.481 e. The van der Waals surface area contributed by atoms with E-state index in [2.05, 4.69) is 5.32 Å². The second kappa shape index (κ2) is 7.27. The largest absolute Gasteiger partial charge is 0.481 e. The first-order valence-electron chi connectivity index (χ1n) is 6.05. The number of amides is 1. The van der Waals surface area contributed by atoms with Gasteiger partial charge >= 0.3 is 5.97 Å². The van der Waals surface area contributed by atoms with E-state index >= 15 is 0 Å². The van der Waals surface area contributed by atoms with Crippen molar-refractivity contribution in [2.24, 2.45) is 5.92 Å². The van der Waals surface area contributed by atoms with E-state index < -0.39 is 11.9 Å². The summed E-state index contributed by atoms with van der Waals surface area (Å²) in [5.41, 5.74) is 0. The van der Waals surface area contributed by atoms with Gasteiger partial charge in [-0.15, -0.1) is 0 Å². The quantitative estimate of drug-likeness (QED) is 0.699. The second-order valence-corrected chi connectivity index (χ2v) is 4.65. The molecule has 0 aromatic heterocycles. The normalized spacial score (nSPS) is 14.8. The smallest absolute Gasteiger partial charge is 0.307 e. The van der Waals surface area contributed by atoms with Crippen LogP contribution in [0.15, 0.2) is 0 Å². The zero-order valence-corrected chi connectivity index (χ0v) is 11.4. The molecule has 0 aromatic carbocycles. The lowest BCUT2D eigenvalue weighted by Crippen LogP contribution is -2.46. The maximum absolute atomic E-state index is 11.6. The van der Waals surface area contributed by atoms with Gasteiger partial charge in [-0.2, -0.15) is 0 Å². The maximum atomic E-state index is 11.6. The third-order valence-corrected chi connectivity index (χ3v) is 2.89. The van der Waals surface area contributed by atoms with Crippen molar-refractivity contribution in [3.8, 4) is 0 Å². The molecule has 2 unspecified atom stereocenters. The van der Waals surface area contributed by atoms with Crippen LogP contribution in [0.2, 0.25) is 0 Å². The average molecular weight is 244 g/mol. The summed E-state index contributed by atoms with van der Waals surface area (Å²) in [7, 11) is 0. The van der Waals surface area contributed by atoms with Crippen molar-refractivity contribution >= 4 is 11.9 Å². The summed E-state index contributed by atoms with van der Waals surface area (Å²) in [5, 5.41) is 11.8. The van der Waals surface area contributed by atoms with E-state index in [0.717, 1.165) is 0 Å². The Labute approximate surface area is 103 Å². The van der Waals surface area contributed by atoms with Crippen molar-refractivity contribution in [1.29, 1.82) is 0 Å². The molecule has 0 rings (SSSR count). The Morgan fingerprint density at radius 1 is 1.24 bits per heavy atom. The Bertz CT molecular complexity index is 266. The lowest BCUT2D eigenvalue weighted by molar-refractivity contribution is -0.144. The van der Waals surface area contributed by atoms with Crippen LogP contribution in [-0.2, 0) is 9.59 Å². The number of carboxylic acids is 1. The zero-order valence-electron chi connectivity index (χ0n) is 11.4. The number of carboxylic acid groups (broad SMARTS) is 1. The van der Waals surface area contributed by atoms with Gasteiger partial charge < -0.3 is 10.4 Å². The van der Waals surface area contributed by atoms with Gasteiger partial charge in [0.1, 0.15) is 0 Å². The van der Waals surface area contributed by atoms with E-state index in [-0.39, 0.29) is 24.5 Å². The van der Waals surface area contributed by atoms with E-state index in [1.54, 1.807) is 6.92 Å². The third kappa shape index (κ3) is 5.68. The highest BCUT2D eigenvalue weighted by Crippen LogP contribution is 2.10. The van der Waals surface area contributed by atoms with Gasteiger partial charge in [0.05, 0.1) is 12.5 Å². The van der Waals surface area contributed by atoms with Crippen molar-refractivity contribution in [1.82, 2.24) is 10.2 Å². The monoisotopic (exact) mass is 244 g/mol. The standard InChI is InChI=1S/C12H24N2O3/c1-6-14(7-11(15)13-8(2)3)10(5)9(4)12(16)17/h8-10H,6-7H2,1-5H3,(H,13,15)(H,16,17). The molecule has 0 fully saturated rings. The van der Waals surface area contributed by atoms with Crippen LogP contribution in [0.5, 0.6) is 0 Å². The van der Waals surface area contributed by atoms with Crippen molar-refractivity contribution in [3.63, 3.8) is 0 Å². The van der Waals surface area contributed by atoms with Crippen LogP contribution in [0.25, 0.3) is 0 Å². The van der Waals surface area contributed by atoms with Crippen molar-refractivity contribution in [3.05, 3.63) is 0 Å². The van der Waals surface area contributed by atoms with Crippen LogP contribution >= 0.6 is 0 Å². The minimum absolute atomic E-state index is 0.0636. The summed E-state index contributed by atoms with van der Waals surface area (Å²) < 4.78 is 0. The van der Waals surface area contributed by atoms with Gasteiger partial charge in [0, 0.05) is 12.1 Å². The fourth-order valence-corrected chi connectivity index (χ4v) is 1.62. The zero-order chi connectivity index (χ0) is 13.6. The molecule has 5 nitrogen and oxygen atoms in total. The predicted octanol–water partition coefficient (Wildman–Crippen LogP) is 0.942. The van der Waals surface area contributed by atoms with E-state index in [0.29, 0.717) is 6.54 Å². The lowest BCUT2D eigenvalue weighted by atomic mass is 10.0. The number of likely N-dealkylation sites (N-methyl/N-ethyl adjacent to an activating group) is 1. The molecule has 0 saturated heterocycles. The first-order valence-corrected chi connectivity index (χ1v) is 6.05. The maximum Gasteiger partial charge on any atom is 0.307 e. The van der Waals surface area contributed by atoms with E-state index in [1.165, 1.54) is 0 Å². The number of carbonyl (C=O) groups is 2. The predicted molar refractivity (Wildman–Crippen MR) is 66.8 cm³/mol. The fraction of sp³-hybridized carbons (Fsp3) is 0.833. The Morgan fingerprint density at radius 3 is 2.12 bits per heavy atom. The van der Waals surface area contributed by atoms with E-state index in [9.17, 15) is 9.59 Å². The highest BCUT2D eigenvalue weighted by atomic mass is 16.4. The molecule has 0 bridgehead atoms. The number of carbonyl (C=O) groups excluding carboxylic acids is 1. The number of hydrogen-bond donors (Lipinski definition) is 2. The molecular weight excluding hydrogens is 220 g/mol. The van der Waals surface area contributed by atoms with Crippen LogP contribution in [0.3, 0.4) is 0 Å². The summed E-state index contributed by atoms with van der Waals surface area (Å²) in [5.74, 6) is -1.38. The third-order valence-electron chi connectivity index (χ3n) is 2.89. The van der Waals surface area contributed by atoms with Crippen LogP contribution in [0, 0.1) is 5.92 Å². The summed E-state index contributed by atoms with van der Waals surface area (Å²) in [4.78, 5) is 24.4. The number of rotatable bonds is 7. The van der Waals surface area contributed by atoms with Gasteiger partial charge in [-0.25, -0.2) is 0 Å². The molecule has 2 atom stereocenters. The number of nitrogens with zero attached hydrogens (tertiary/aromatic N) is 1. The van der Waals surface area contributed by atoms with Crippen molar-refractivity contribution in [2.75, 3.05) is 13.1 Å². The fourth-order valence-electron chi connectivity index (χ4n) is 1.62. The molecule has 0 saturated carbocycles. The first kappa shape index (κ1) is 15.9. The molecular formula is C12H24N2O3. The molecule has 0 radical (unpaired) electrons. The summed E-state index contributed by atoms with van der Waals surface area (Å²) in [6.07, 6.45) is 0. The molecule has 1 amide bonds. The minimum atomic E-state index is -0.833. The molecule has 0 aliphatic heterocycles.